The SMILES string of the molecule is CNN(C(=N)c1c(F)cccc1F)S(=O)(=O)c1ccccc1. The van der Waals surface area contributed by atoms with Gasteiger partial charge in [-0.25, -0.2) is 14.2 Å². The van der Waals surface area contributed by atoms with E-state index in [1.807, 2.05) is 0 Å². The topological polar surface area (TPSA) is 73.3 Å². The minimum absolute atomic E-state index is 0.106. The van der Waals surface area contributed by atoms with Crippen molar-refractivity contribution in [3.63, 3.8) is 0 Å². The molecule has 0 radical (unpaired) electrons. The fraction of sp³-hybridized carbons (Fsp3) is 0.0714. The van der Waals surface area contributed by atoms with E-state index in [0.29, 0.717) is 4.41 Å². The monoisotopic (exact) mass is 325 g/mol. The Morgan fingerprint density at radius 2 is 1.59 bits per heavy atom. The zero-order valence-electron chi connectivity index (χ0n) is 11.5. The number of hydrazine groups is 1. The van der Waals surface area contributed by atoms with Gasteiger partial charge in [-0.2, -0.15) is 12.8 Å². The molecule has 0 unspecified atom stereocenters. The maximum absolute atomic E-state index is 13.8. The van der Waals surface area contributed by atoms with Crippen LogP contribution in [-0.4, -0.2) is 25.7 Å². The summed E-state index contributed by atoms with van der Waals surface area (Å²) in [5.41, 5.74) is 1.56. The number of hydrogen-bond donors (Lipinski definition) is 2. The van der Waals surface area contributed by atoms with E-state index in [4.69, 9.17) is 5.41 Å². The zero-order valence-corrected chi connectivity index (χ0v) is 12.4. The van der Waals surface area contributed by atoms with Gasteiger partial charge < -0.3 is 0 Å². The average molecular weight is 325 g/mol. The second-order valence-electron chi connectivity index (χ2n) is 4.25. The predicted molar refractivity (Wildman–Crippen MR) is 77.7 cm³/mol. The van der Waals surface area contributed by atoms with Gasteiger partial charge in [-0.3, -0.25) is 5.41 Å². The van der Waals surface area contributed by atoms with Gasteiger partial charge in [-0.15, -0.1) is 0 Å². The second kappa shape index (κ2) is 6.20. The molecule has 116 valence electrons. The van der Waals surface area contributed by atoms with Gasteiger partial charge in [0.15, 0.2) is 5.84 Å². The molecule has 0 atom stereocenters. The molecular weight excluding hydrogens is 312 g/mol. The first-order valence-electron chi connectivity index (χ1n) is 6.20. The van der Waals surface area contributed by atoms with Gasteiger partial charge in [0.2, 0.25) is 0 Å². The summed E-state index contributed by atoms with van der Waals surface area (Å²) in [7, 11) is -2.92. The highest BCUT2D eigenvalue weighted by molar-refractivity contribution is 7.89. The smallest absolute Gasteiger partial charge is 0.279 e. The van der Waals surface area contributed by atoms with Crippen LogP contribution in [0.3, 0.4) is 0 Å². The molecule has 0 fully saturated rings. The summed E-state index contributed by atoms with van der Waals surface area (Å²) in [5.74, 6) is -2.89. The quantitative estimate of drug-likeness (QED) is 0.514. The summed E-state index contributed by atoms with van der Waals surface area (Å²) in [6.45, 7) is 0. The Morgan fingerprint density at radius 3 is 2.09 bits per heavy atom. The fourth-order valence-corrected chi connectivity index (χ4v) is 3.16. The first-order chi connectivity index (χ1) is 10.4. The first-order valence-corrected chi connectivity index (χ1v) is 7.64. The van der Waals surface area contributed by atoms with E-state index in [2.05, 4.69) is 5.43 Å². The van der Waals surface area contributed by atoms with Crippen LogP contribution in [0.2, 0.25) is 0 Å². The lowest BCUT2D eigenvalue weighted by Crippen LogP contribution is -2.45. The van der Waals surface area contributed by atoms with E-state index in [0.717, 1.165) is 18.2 Å². The van der Waals surface area contributed by atoms with Gasteiger partial charge in [-0.1, -0.05) is 24.3 Å². The van der Waals surface area contributed by atoms with Gasteiger partial charge in [0, 0.05) is 7.05 Å². The first kappa shape index (κ1) is 16.1. The van der Waals surface area contributed by atoms with Crippen LogP contribution in [0.25, 0.3) is 0 Å². The van der Waals surface area contributed by atoms with E-state index >= 15 is 0 Å². The lowest BCUT2D eigenvalue weighted by molar-refractivity contribution is 0.462. The lowest BCUT2D eigenvalue weighted by atomic mass is 10.2. The van der Waals surface area contributed by atoms with Gasteiger partial charge in [0.1, 0.15) is 11.6 Å². The van der Waals surface area contributed by atoms with Crippen molar-refractivity contribution in [1.29, 1.82) is 5.41 Å². The Hall–Kier alpha value is -2.32. The Balaban J connectivity index is 2.51. The molecule has 0 saturated carbocycles. The number of sulfonamides is 1. The molecule has 2 N–H and O–H groups in total. The molecule has 0 bridgehead atoms. The highest BCUT2D eigenvalue weighted by Crippen LogP contribution is 2.19. The van der Waals surface area contributed by atoms with Gasteiger partial charge >= 0.3 is 0 Å². The molecule has 0 aliphatic heterocycles. The van der Waals surface area contributed by atoms with Crippen molar-refractivity contribution in [1.82, 2.24) is 9.84 Å². The molecule has 22 heavy (non-hydrogen) atoms. The molecule has 0 amide bonds. The molecule has 5 nitrogen and oxygen atoms in total. The Morgan fingerprint density at radius 1 is 1.05 bits per heavy atom. The van der Waals surface area contributed by atoms with Crippen molar-refractivity contribution < 1.29 is 17.2 Å². The van der Waals surface area contributed by atoms with Crippen molar-refractivity contribution >= 4 is 15.9 Å². The second-order valence-corrected chi connectivity index (χ2v) is 6.04. The number of rotatable bonds is 4. The maximum atomic E-state index is 13.8. The Kier molecular flexibility index (Phi) is 4.53. The van der Waals surface area contributed by atoms with Crippen LogP contribution < -0.4 is 5.43 Å². The third-order valence-electron chi connectivity index (χ3n) is 2.89. The van der Waals surface area contributed by atoms with Crippen LogP contribution in [0.5, 0.6) is 0 Å². The summed E-state index contributed by atoms with van der Waals surface area (Å²) in [5, 5.41) is 7.88. The molecule has 0 aliphatic rings. The number of nitrogens with one attached hydrogen (secondary N) is 2. The summed E-state index contributed by atoms with van der Waals surface area (Å²) in [4.78, 5) is -0.106. The van der Waals surface area contributed by atoms with Crippen LogP contribution in [-0.2, 0) is 10.0 Å². The highest BCUT2D eigenvalue weighted by atomic mass is 32.2. The van der Waals surface area contributed by atoms with Crippen LogP contribution >= 0.6 is 0 Å². The molecule has 0 saturated heterocycles. The van der Waals surface area contributed by atoms with Crippen LogP contribution in [0.15, 0.2) is 53.4 Å². The normalized spacial score (nSPS) is 11.2. The Bertz CT molecular complexity index is 775. The van der Waals surface area contributed by atoms with E-state index in [1.165, 1.54) is 31.3 Å². The summed E-state index contributed by atoms with van der Waals surface area (Å²) < 4.78 is 52.9. The molecule has 0 aromatic heterocycles. The number of hydrogen-bond acceptors (Lipinski definition) is 4. The van der Waals surface area contributed by atoms with Crippen molar-refractivity contribution in [2.45, 2.75) is 4.90 Å². The van der Waals surface area contributed by atoms with Crippen molar-refractivity contribution in [2.75, 3.05) is 7.05 Å². The molecule has 2 aromatic rings. The van der Waals surface area contributed by atoms with Crippen LogP contribution in [0.4, 0.5) is 8.78 Å². The average Bonchev–Trinajstić information content (AvgIpc) is 2.48. The van der Waals surface area contributed by atoms with E-state index in [1.54, 1.807) is 6.07 Å². The summed E-state index contributed by atoms with van der Waals surface area (Å²) in [6, 6.07) is 10.3. The Labute approximate surface area is 126 Å². The van der Waals surface area contributed by atoms with Crippen molar-refractivity contribution in [2.24, 2.45) is 0 Å². The number of amidine groups is 1. The molecule has 0 spiro atoms. The molecule has 0 heterocycles. The van der Waals surface area contributed by atoms with Gasteiger partial charge in [0.05, 0.1) is 10.5 Å². The third kappa shape index (κ3) is 2.83. The largest absolute Gasteiger partial charge is 0.282 e. The van der Waals surface area contributed by atoms with Gasteiger partial charge in [0.25, 0.3) is 10.0 Å². The standard InChI is InChI=1S/C14H13F2N3O2S/c1-18-19(22(20,21)10-6-3-2-4-7-10)14(17)13-11(15)8-5-9-12(13)16/h2-9,17-18H,1H3. The molecular formula is C14H13F2N3O2S. The molecule has 2 aromatic carbocycles. The highest BCUT2D eigenvalue weighted by Gasteiger charge is 2.29. The van der Waals surface area contributed by atoms with Gasteiger partial charge in [-0.05, 0) is 24.3 Å². The maximum Gasteiger partial charge on any atom is 0.279 e. The third-order valence-corrected chi connectivity index (χ3v) is 4.60. The van der Waals surface area contributed by atoms with E-state index in [9.17, 15) is 17.2 Å². The number of halogens is 2. The van der Waals surface area contributed by atoms with Crippen molar-refractivity contribution in [3.05, 3.63) is 65.7 Å². The fourth-order valence-electron chi connectivity index (χ4n) is 1.88. The molecule has 2 rings (SSSR count). The molecule has 0 aliphatic carbocycles. The zero-order chi connectivity index (χ0) is 16.3. The molecule has 8 heteroatoms. The van der Waals surface area contributed by atoms with Crippen LogP contribution in [0, 0.1) is 17.0 Å². The van der Waals surface area contributed by atoms with Crippen LogP contribution in [0.1, 0.15) is 5.56 Å². The summed E-state index contributed by atoms with van der Waals surface area (Å²) >= 11 is 0. The number of benzene rings is 2. The lowest BCUT2D eigenvalue weighted by Gasteiger charge is -2.23. The van der Waals surface area contributed by atoms with E-state index < -0.39 is 33.1 Å². The minimum atomic E-state index is -4.17. The minimum Gasteiger partial charge on any atom is -0.282 e. The van der Waals surface area contributed by atoms with E-state index in [-0.39, 0.29) is 4.90 Å². The van der Waals surface area contributed by atoms with Crippen molar-refractivity contribution in [3.8, 4) is 0 Å². The number of nitrogens with zero attached hydrogens (tertiary/aromatic N) is 1. The predicted octanol–water partition coefficient (Wildman–Crippen LogP) is 2.12. The summed E-state index contributed by atoms with van der Waals surface area (Å²) in [6.07, 6.45) is 0.